The molecule has 1 heterocycles. The summed E-state index contributed by atoms with van der Waals surface area (Å²) in [5, 5.41) is 12.4. The van der Waals surface area contributed by atoms with Crippen LogP contribution in [0.2, 0.25) is 0 Å². The summed E-state index contributed by atoms with van der Waals surface area (Å²) in [6, 6.07) is 0. The van der Waals surface area contributed by atoms with E-state index in [2.05, 4.69) is 11.2 Å². The van der Waals surface area contributed by atoms with Crippen molar-refractivity contribution in [2.75, 3.05) is 6.54 Å². The van der Waals surface area contributed by atoms with Crippen LogP contribution < -0.4 is 5.32 Å². The summed E-state index contributed by atoms with van der Waals surface area (Å²) in [5.41, 5.74) is -0.239. The zero-order valence-electron chi connectivity index (χ0n) is 8.06. The van der Waals surface area contributed by atoms with Crippen molar-refractivity contribution in [3.05, 3.63) is 0 Å². The fraction of sp³-hybridized carbons (Fsp3) is 0.800. The molecule has 2 nitrogen and oxygen atoms in total. The lowest BCUT2D eigenvalue weighted by molar-refractivity contribution is -0.0699. The standard InChI is InChI=1S/C10H12F3NO/c11-10(12,13)2-1-7-5-8(15)6-14-9(7)3-4-9/h7-8,14-15H,3-6H2. The summed E-state index contributed by atoms with van der Waals surface area (Å²) in [6.45, 7) is 0.462. The van der Waals surface area contributed by atoms with Crippen LogP contribution in [0.4, 0.5) is 13.2 Å². The smallest absolute Gasteiger partial charge is 0.392 e. The molecule has 5 heteroatoms. The summed E-state index contributed by atoms with van der Waals surface area (Å²) in [6.07, 6.45) is -2.95. The molecule has 2 N–H and O–H groups in total. The molecule has 0 bridgehead atoms. The first kappa shape index (κ1) is 10.8. The topological polar surface area (TPSA) is 32.3 Å². The maximum atomic E-state index is 11.9. The molecular weight excluding hydrogens is 207 g/mol. The Bertz CT molecular complexity index is 311. The number of alkyl halides is 3. The van der Waals surface area contributed by atoms with Gasteiger partial charge in [0.1, 0.15) is 0 Å². The zero-order chi connectivity index (χ0) is 11.1. The van der Waals surface area contributed by atoms with E-state index in [1.807, 2.05) is 0 Å². The Kier molecular flexibility index (Phi) is 2.44. The minimum absolute atomic E-state index is 0.239. The van der Waals surface area contributed by atoms with Crippen LogP contribution in [0.15, 0.2) is 0 Å². The molecule has 1 spiro atoms. The van der Waals surface area contributed by atoms with Gasteiger partial charge in [-0.15, -0.1) is 0 Å². The van der Waals surface area contributed by atoms with E-state index in [4.69, 9.17) is 0 Å². The van der Waals surface area contributed by atoms with Gasteiger partial charge >= 0.3 is 6.18 Å². The number of hydrogen-bond acceptors (Lipinski definition) is 2. The first-order chi connectivity index (χ1) is 6.91. The van der Waals surface area contributed by atoms with Gasteiger partial charge in [0.2, 0.25) is 0 Å². The van der Waals surface area contributed by atoms with Gasteiger partial charge in [0, 0.05) is 23.9 Å². The number of aliphatic hydroxyl groups is 1. The quantitative estimate of drug-likeness (QED) is 0.597. The highest BCUT2D eigenvalue weighted by Gasteiger charge is 2.51. The molecule has 1 aliphatic heterocycles. The van der Waals surface area contributed by atoms with E-state index in [9.17, 15) is 18.3 Å². The van der Waals surface area contributed by atoms with Gasteiger partial charge in [-0.1, -0.05) is 5.92 Å². The predicted molar refractivity (Wildman–Crippen MR) is 47.9 cm³/mol. The van der Waals surface area contributed by atoms with Gasteiger partial charge in [-0.2, -0.15) is 13.2 Å². The van der Waals surface area contributed by atoms with Gasteiger partial charge in [0.25, 0.3) is 0 Å². The van der Waals surface area contributed by atoms with Crippen LogP contribution in [0.1, 0.15) is 19.3 Å². The highest BCUT2D eigenvalue weighted by Crippen LogP contribution is 2.46. The van der Waals surface area contributed by atoms with Gasteiger partial charge in [-0.3, -0.25) is 0 Å². The lowest BCUT2D eigenvalue weighted by Crippen LogP contribution is -2.49. The van der Waals surface area contributed by atoms with Crippen LogP contribution in [0.3, 0.4) is 0 Å². The van der Waals surface area contributed by atoms with Crippen LogP contribution >= 0.6 is 0 Å². The van der Waals surface area contributed by atoms with E-state index >= 15 is 0 Å². The molecule has 2 aliphatic rings. The largest absolute Gasteiger partial charge is 0.457 e. The van der Waals surface area contributed by atoms with Crippen molar-refractivity contribution < 1.29 is 18.3 Å². The highest BCUT2D eigenvalue weighted by molar-refractivity contribution is 5.22. The second-order valence-corrected chi connectivity index (χ2v) is 4.25. The molecule has 1 aliphatic carbocycles. The summed E-state index contributed by atoms with van der Waals surface area (Å²) >= 11 is 0. The number of piperidine rings is 1. The second-order valence-electron chi connectivity index (χ2n) is 4.25. The van der Waals surface area contributed by atoms with Gasteiger partial charge in [-0.05, 0) is 19.3 Å². The third-order valence-corrected chi connectivity index (χ3v) is 3.04. The molecule has 0 amide bonds. The van der Waals surface area contributed by atoms with Crippen molar-refractivity contribution in [1.82, 2.24) is 5.32 Å². The summed E-state index contributed by atoms with van der Waals surface area (Å²) in [5.74, 6) is 3.18. The summed E-state index contributed by atoms with van der Waals surface area (Å²) < 4.78 is 35.8. The Morgan fingerprint density at radius 2 is 2.00 bits per heavy atom. The molecular formula is C10H12F3NO. The molecule has 2 unspecified atom stereocenters. The molecule has 1 saturated heterocycles. The number of nitrogens with one attached hydrogen (secondary N) is 1. The summed E-state index contributed by atoms with van der Waals surface area (Å²) in [4.78, 5) is 0. The van der Waals surface area contributed by atoms with Crippen molar-refractivity contribution in [2.24, 2.45) is 5.92 Å². The molecule has 1 saturated carbocycles. The Morgan fingerprint density at radius 1 is 1.33 bits per heavy atom. The van der Waals surface area contributed by atoms with Crippen LogP contribution in [0.25, 0.3) is 0 Å². The Balaban J connectivity index is 2.08. The molecule has 0 aromatic carbocycles. The third kappa shape index (κ3) is 2.44. The Hall–Kier alpha value is -0.730. The number of halogens is 3. The molecule has 0 radical (unpaired) electrons. The normalized spacial score (nSPS) is 33.3. The fourth-order valence-electron chi connectivity index (χ4n) is 2.05. The Morgan fingerprint density at radius 3 is 2.53 bits per heavy atom. The monoisotopic (exact) mass is 219 g/mol. The number of β-amino-alcohol motifs (C(OH)–C–C–N with tert-alkyl or cyclic N) is 1. The van der Waals surface area contributed by atoms with Gasteiger partial charge in [-0.25, -0.2) is 0 Å². The first-order valence-electron chi connectivity index (χ1n) is 4.94. The lowest BCUT2D eigenvalue weighted by atomic mass is 9.87. The molecule has 84 valence electrons. The minimum atomic E-state index is -4.43. The van der Waals surface area contributed by atoms with Gasteiger partial charge in [0.05, 0.1) is 6.10 Å². The summed E-state index contributed by atoms with van der Waals surface area (Å²) in [7, 11) is 0. The van der Waals surface area contributed by atoms with Gasteiger partial charge < -0.3 is 10.4 Å². The Labute approximate surface area is 85.9 Å². The van der Waals surface area contributed by atoms with Crippen LogP contribution in [-0.2, 0) is 0 Å². The predicted octanol–water partition coefficient (Wildman–Crippen LogP) is 1.06. The maximum Gasteiger partial charge on any atom is 0.457 e. The van der Waals surface area contributed by atoms with Crippen molar-refractivity contribution in [1.29, 1.82) is 0 Å². The average molecular weight is 219 g/mol. The van der Waals surface area contributed by atoms with Crippen molar-refractivity contribution in [3.63, 3.8) is 0 Å². The minimum Gasteiger partial charge on any atom is -0.392 e. The number of hydrogen-bond donors (Lipinski definition) is 2. The second kappa shape index (κ2) is 3.39. The first-order valence-corrected chi connectivity index (χ1v) is 4.94. The maximum absolute atomic E-state index is 11.9. The molecule has 0 aromatic heterocycles. The van der Waals surface area contributed by atoms with E-state index in [1.165, 1.54) is 5.92 Å². The molecule has 2 fully saturated rings. The SMILES string of the molecule is OC1CNC2(CC2)C(C#CC(F)(F)F)C1. The van der Waals surface area contributed by atoms with Crippen molar-refractivity contribution in [3.8, 4) is 11.8 Å². The number of rotatable bonds is 0. The van der Waals surface area contributed by atoms with Gasteiger partial charge in [0.15, 0.2) is 0 Å². The molecule has 15 heavy (non-hydrogen) atoms. The lowest BCUT2D eigenvalue weighted by Gasteiger charge is -2.32. The van der Waals surface area contributed by atoms with Crippen LogP contribution in [-0.4, -0.2) is 29.5 Å². The van der Waals surface area contributed by atoms with E-state index in [0.717, 1.165) is 12.8 Å². The van der Waals surface area contributed by atoms with Crippen molar-refractivity contribution >= 4 is 0 Å². The molecule has 0 aromatic rings. The fourth-order valence-corrected chi connectivity index (χ4v) is 2.05. The van der Waals surface area contributed by atoms with E-state index < -0.39 is 12.3 Å². The van der Waals surface area contributed by atoms with E-state index in [1.54, 1.807) is 0 Å². The van der Waals surface area contributed by atoms with Crippen molar-refractivity contribution in [2.45, 2.75) is 37.1 Å². The average Bonchev–Trinajstić information content (AvgIpc) is 2.87. The molecule has 2 atom stereocenters. The van der Waals surface area contributed by atoms with Crippen LogP contribution in [0.5, 0.6) is 0 Å². The van der Waals surface area contributed by atoms with Crippen LogP contribution in [0, 0.1) is 17.8 Å². The molecule has 2 rings (SSSR count). The third-order valence-electron chi connectivity index (χ3n) is 3.04. The highest BCUT2D eigenvalue weighted by atomic mass is 19.4. The number of aliphatic hydroxyl groups excluding tert-OH is 1. The zero-order valence-corrected chi connectivity index (χ0v) is 8.06. The van der Waals surface area contributed by atoms with E-state index in [-0.39, 0.29) is 11.5 Å². The van der Waals surface area contributed by atoms with E-state index in [0.29, 0.717) is 13.0 Å².